The van der Waals surface area contributed by atoms with Crippen LogP contribution >= 0.6 is 0 Å². The minimum atomic E-state index is 0.290. The summed E-state index contributed by atoms with van der Waals surface area (Å²) in [6.07, 6.45) is 13.9. The molecule has 4 heteroatoms. The lowest BCUT2D eigenvalue weighted by molar-refractivity contribution is 0.261. The molecule has 2 aliphatic heterocycles. The van der Waals surface area contributed by atoms with Crippen molar-refractivity contribution in [2.24, 2.45) is 0 Å². The molecule has 0 spiro atoms. The first kappa shape index (κ1) is 23.4. The van der Waals surface area contributed by atoms with E-state index in [-0.39, 0.29) is 0 Å². The molecule has 1 aliphatic carbocycles. The quantitative estimate of drug-likeness (QED) is 0.192. The van der Waals surface area contributed by atoms with Gasteiger partial charge in [-0.2, -0.15) is 0 Å². The van der Waals surface area contributed by atoms with Crippen LogP contribution < -0.4 is 9.47 Å². The maximum Gasteiger partial charge on any atom is 0.122 e. The largest absolute Gasteiger partial charge is 0.491 e. The number of aryl methyl sites for hydroxylation is 1. The molecule has 4 atom stereocenters. The van der Waals surface area contributed by atoms with Gasteiger partial charge in [-0.05, 0) is 60.6 Å². The number of ether oxygens (including phenoxy) is 4. The first-order valence-electron chi connectivity index (χ1n) is 13.2. The van der Waals surface area contributed by atoms with Crippen LogP contribution in [-0.2, 0) is 15.9 Å². The fourth-order valence-corrected chi connectivity index (χ4v) is 4.80. The fraction of sp³-hybridized carbons (Fsp3) is 0.533. The standard InChI is InChI=1S/C30H38O4/c1-2-3-4-5-6-26-17-25(13-16-30(26)34-21-29-20-33-29)24-9-7-22(8-10-24)23-11-14-27(15-12-23)31-18-28-19-32-28/h7,9,11-17,22,24,28-29H,2-6,8,10,18-21H2,1H3. The monoisotopic (exact) mass is 462 g/mol. The van der Waals surface area contributed by atoms with Crippen LogP contribution in [-0.4, -0.2) is 38.6 Å². The van der Waals surface area contributed by atoms with E-state index in [4.69, 9.17) is 18.9 Å². The molecule has 2 fully saturated rings. The second kappa shape index (κ2) is 11.4. The summed E-state index contributed by atoms with van der Waals surface area (Å²) in [7, 11) is 0. The van der Waals surface area contributed by atoms with Crippen molar-refractivity contribution in [3.8, 4) is 11.5 Å². The Balaban J connectivity index is 1.21. The zero-order chi connectivity index (χ0) is 23.2. The molecule has 2 saturated heterocycles. The minimum Gasteiger partial charge on any atom is -0.491 e. The van der Waals surface area contributed by atoms with E-state index in [0.29, 0.717) is 37.3 Å². The van der Waals surface area contributed by atoms with E-state index in [2.05, 4.69) is 61.5 Å². The molecule has 2 heterocycles. The highest BCUT2D eigenvalue weighted by atomic mass is 16.6. The van der Waals surface area contributed by atoms with Crippen molar-refractivity contribution in [2.45, 2.75) is 75.9 Å². The number of benzene rings is 2. The molecule has 182 valence electrons. The van der Waals surface area contributed by atoms with Gasteiger partial charge < -0.3 is 18.9 Å². The minimum absolute atomic E-state index is 0.290. The van der Waals surface area contributed by atoms with Gasteiger partial charge in [-0.1, -0.05) is 62.6 Å². The average molecular weight is 463 g/mol. The molecule has 2 aromatic carbocycles. The zero-order valence-corrected chi connectivity index (χ0v) is 20.4. The smallest absolute Gasteiger partial charge is 0.122 e. The van der Waals surface area contributed by atoms with Gasteiger partial charge >= 0.3 is 0 Å². The van der Waals surface area contributed by atoms with Crippen LogP contribution in [0.3, 0.4) is 0 Å². The van der Waals surface area contributed by atoms with E-state index in [1.807, 2.05) is 0 Å². The summed E-state index contributed by atoms with van der Waals surface area (Å²) in [5.41, 5.74) is 4.14. The third-order valence-corrected chi connectivity index (χ3v) is 7.15. The molecule has 0 aromatic heterocycles. The Kier molecular flexibility index (Phi) is 7.87. The predicted molar refractivity (Wildman–Crippen MR) is 135 cm³/mol. The fourth-order valence-electron chi connectivity index (χ4n) is 4.80. The summed E-state index contributed by atoms with van der Waals surface area (Å²) in [4.78, 5) is 0. The molecular weight excluding hydrogens is 424 g/mol. The number of epoxide rings is 2. The van der Waals surface area contributed by atoms with E-state index in [0.717, 1.165) is 31.1 Å². The van der Waals surface area contributed by atoms with Crippen molar-refractivity contribution in [1.29, 1.82) is 0 Å². The third-order valence-electron chi connectivity index (χ3n) is 7.15. The third kappa shape index (κ3) is 6.64. The highest BCUT2D eigenvalue weighted by molar-refractivity contribution is 5.41. The molecule has 0 radical (unpaired) electrons. The van der Waals surface area contributed by atoms with Crippen LogP contribution in [0.1, 0.15) is 74.0 Å². The second-order valence-corrected chi connectivity index (χ2v) is 9.95. The van der Waals surface area contributed by atoms with Crippen molar-refractivity contribution >= 4 is 0 Å². The van der Waals surface area contributed by atoms with Crippen molar-refractivity contribution in [1.82, 2.24) is 0 Å². The number of rotatable bonds is 13. The van der Waals surface area contributed by atoms with Crippen LogP contribution in [0.25, 0.3) is 0 Å². The first-order valence-corrected chi connectivity index (χ1v) is 13.2. The molecule has 0 bridgehead atoms. The lowest BCUT2D eigenvalue weighted by Crippen LogP contribution is -2.09. The lowest BCUT2D eigenvalue weighted by Gasteiger charge is -2.24. The maximum atomic E-state index is 6.12. The summed E-state index contributed by atoms with van der Waals surface area (Å²) in [5.74, 6) is 2.93. The van der Waals surface area contributed by atoms with Crippen molar-refractivity contribution in [3.05, 3.63) is 71.3 Å². The Labute approximate surface area is 204 Å². The van der Waals surface area contributed by atoms with E-state index >= 15 is 0 Å². The Hall–Kier alpha value is -2.30. The molecule has 0 N–H and O–H groups in total. The molecule has 4 nitrogen and oxygen atoms in total. The Morgan fingerprint density at radius 3 is 2.06 bits per heavy atom. The van der Waals surface area contributed by atoms with Gasteiger partial charge in [-0.25, -0.2) is 0 Å². The van der Waals surface area contributed by atoms with Crippen molar-refractivity contribution < 1.29 is 18.9 Å². The van der Waals surface area contributed by atoms with Gasteiger partial charge in [0.15, 0.2) is 0 Å². The van der Waals surface area contributed by atoms with E-state index in [1.54, 1.807) is 0 Å². The Morgan fingerprint density at radius 1 is 0.765 bits per heavy atom. The molecule has 2 aromatic rings. The summed E-state index contributed by atoms with van der Waals surface area (Å²) < 4.78 is 22.5. The average Bonchev–Trinajstić information content (AvgIpc) is 3.80. The second-order valence-electron chi connectivity index (χ2n) is 9.95. The van der Waals surface area contributed by atoms with Gasteiger partial charge in [0.1, 0.15) is 36.9 Å². The normalized spacial score (nSPS) is 25.2. The summed E-state index contributed by atoms with van der Waals surface area (Å²) in [6, 6.07) is 15.5. The summed E-state index contributed by atoms with van der Waals surface area (Å²) in [6.45, 7) is 5.26. The Bertz CT molecular complexity index is 943. The van der Waals surface area contributed by atoms with E-state index < -0.39 is 0 Å². The number of hydrogen-bond acceptors (Lipinski definition) is 4. The highest BCUT2D eigenvalue weighted by Crippen LogP contribution is 2.37. The number of unbranched alkanes of at least 4 members (excludes halogenated alkanes) is 3. The van der Waals surface area contributed by atoms with E-state index in [1.165, 1.54) is 55.2 Å². The number of allylic oxidation sites excluding steroid dienone is 2. The molecular formula is C30H38O4. The molecule has 0 saturated carbocycles. The van der Waals surface area contributed by atoms with Gasteiger partial charge in [-0.3, -0.25) is 0 Å². The van der Waals surface area contributed by atoms with Crippen molar-refractivity contribution in [2.75, 3.05) is 26.4 Å². The van der Waals surface area contributed by atoms with Gasteiger partial charge in [-0.15, -0.1) is 0 Å². The predicted octanol–water partition coefficient (Wildman–Crippen LogP) is 6.58. The van der Waals surface area contributed by atoms with Crippen LogP contribution in [0.4, 0.5) is 0 Å². The molecule has 0 amide bonds. The molecule has 4 unspecified atom stereocenters. The highest BCUT2D eigenvalue weighted by Gasteiger charge is 2.25. The maximum absolute atomic E-state index is 6.12. The zero-order valence-electron chi connectivity index (χ0n) is 20.4. The van der Waals surface area contributed by atoms with Crippen LogP contribution in [0.5, 0.6) is 11.5 Å². The number of hydrogen-bond donors (Lipinski definition) is 0. The van der Waals surface area contributed by atoms with Gasteiger partial charge in [0.05, 0.1) is 13.2 Å². The van der Waals surface area contributed by atoms with Crippen molar-refractivity contribution in [3.63, 3.8) is 0 Å². The lowest BCUT2D eigenvalue weighted by atomic mass is 9.81. The Morgan fingerprint density at radius 2 is 1.41 bits per heavy atom. The first-order chi connectivity index (χ1) is 16.8. The van der Waals surface area contributed by atoms with E-state index in [9.17, 15) is 0 Å². The van der Waals surface area contributed by atoms with Crippen LogP contribution in [0.2, 0.25) is 0 Å². The summed E-state index contributed by atoms with van der Waals surface area (Å²) >= 11 is 0. The van der Waals surface area contributed by atoms with Gasteiger partial charge in [0.25, 0.3) is 0 Å². The van der Waals surface area contributed by atoms with Crippen LogP contribution in [0.15, 0.2) is 54.6 Å². The summed E-state index contributed by atoms with van der Waals surface area (Å²) in [5, 5.41) is 0. The van der Waals surface area contributed by atoms with Crippen LogP contribution in [0, 0.1) is 0 Å². The molecule has 3 aliphatic rings. The molecule has 5 rings (SSSR count). The SMILES string of the molecule is CCCCCCc1cc(C2C=CC(c3ccc(OCC4CO4)cc3)CC2)ccc1OCC1CO1. The topological polar surface area (TPSA) is 43.5 Å². The van der Waals surface area contributed by atoms with Gasteiger partial charge in [0.2, 0.25) is 0 Å². The molecule has 34 heavy (non-hydrogen) atoms. The van der Waals surface area contributed by atoms with Gasteiger partial charge in [0, 0.05) is 11.8 Å².